The van der Waals surface area contributed by atoms with Crippen molar-refractivity contribution in [3.8, 4) is 27.6 Å². The minimum atomic E-state index is -0.753. The first kappa shape index (κ1) is 25.3. The Morgan fingerprint density at radius 3 is 2.50 bits per heavy atom. The van der Waals surface area contributed by atoms with Crippen LogP contribution >= 0.6 is 11.3 Å². The van der Waals surface area contributed by atoms with E-state index in [-0.39, 0.29) is 19.0 Å². The largest absolute Gasteiger partial charge is 0.507 e. The number of benzene rings is 2. The number of nitrogens with zero attached hydrogens (tertiary/aromatic N) is 2. The van der Waals surface area contributed by atoms with Crippen LogP contribution in [-0.2, 0) is 19.1 Å². The predicted octanol–water partition coefficient (Wildman–Crippen LogP) is 5.76. The molecule has 0 aliphatic carbocycles. The summed E-state index contributed by atoms with van der Waals surface area (Å²) in [6.07, 6.45) is 0. The molecule has 2 aromatic carbocycles. The molecular formula is C28H28N2O5S. The van der Waals surface area contributed by atoms with Crippen LogP contribution in [0, 0.1) is 5.92 Å². The van der Waals surface area contributed by atoms with Crippen LogP contribution in [-0.4, -0.2) is 41.0 Å². The Morgan fingerprint density at radius 1 is 1.03 bits per heavy atom. The van der Waals surface area contributed by atoms with Crippen LogP contribution in [0.15, 0.2) is 70.2 Å². The summed E-state index contributed by atoms with van der Waals surface area (Å²) in [7, 11) is 0. The molecule has 2 atom stereocenters. The monoisotopic (exact) mass is 504 g/mol. The van der Waals surface area contributed by atoms with Gasteiger partial charge in [-0.2, -0.15) is 0 Å². The van der Waals surface area contributed by atoms with Crippen LogP contribution in [0.1, 0.15) is 39.2 Å². The van der Waals surface area contributed by atoms with Crippen LogP contribution in [0.4, 0.5) is 0 Å². The van der Waals surface area contributed by atoms with E-state index >= 15 is 0 Å². The Hall–Kier alpha value is -3.78. The van der Waals surface area contributed by atoms with Crippen molar-refractivity contribution in [3.63, 3.8) is 0 Å². The first-order chi connectivity index (χ1) is 17.3. The number of rotatable bonds is 7. The number of aromatic hydroxyl groups is 1. The summed E-state index contributed by atoms with van der Waals surface area (Å²) in [5, 5.41) is 12.9. The number of phenols is 1. The summed E-state index contributed by atoms with van der Waals surface area (Å²) in [4.78, 5) is 35.3. The molecule has 2 heterocycles. The highest BCUT2D eigenvalue weighted by molar-refractivity contribution is 7.13. The summed E-state index contributed by atoms with van der Waals surface area (Å²) in [5.41, 5.74) is 4.40. The average molecular weight is 505 g/mol. The third kappa shape index (κ3) is 4.95. The minimum Gasteiger partial charge on any atom is -0.507 e. The topological polar surface area (TPSA) is 98.1 Å². The number of esters is 2. The number of thiazole rings is 1. The van der Waals surface area contributed by atoms with Crippen molar-refractivity contribution in [2.45, 2.75) is 33.6 Å². The quantitative estimate of drug-likeness (QED) is 0.411. The Labute approximate surface area is 214 Å². The number of para-hydroxylation sites is 1. The van der Waals surface area contributed by atoms with Gasteiger partial charge in [0.2, 0.25) is 0 Å². The molecule has 1 N–H and O–H groups in total. The highest BCUT2D eigenvalue weighted by atomic mass is 32.1. The number of carbonyl (C=O) groups is 2. The highest BCUT2D eigenvalue weighted by Crippen LogP contribution is 2.42. The van der Waals surface area contributed by atoms with Gasteiger partial charge in [0.1, 0.15) is 16.7 Å². The normalized spacial score (nSPS) is 17.5. The molecule has 0 bridgehead atoms. The molecule has 1 aliphatic heterocycles. The van der Waals surface area contributed by atoms with Crippen molar-refractivity contribution in [1.82, 2.24) is 4.98 Å². The third-order valence-corrected chi connectivity index (χ3v) is 6.93. The fourth-order valence-electron chi connectivity index (χ4n) is 4.49. The summed E-state index contributed by atoms with van der Waals surface area (Å²) in [6.45, 7) is 7.47. The maximum Gasteiger partial charge on any atom is 0.336 e. The molecule has 36 heavy (non-hydrogen) atoms. The first-order valence-electron chi connectivity index (χ1n) is 11.8. The van der Waals surface area contributed by atoms with E-state index in [1.165, 1.54) is 11.3 Å². The third-order valence-electron chi connectivity index (χ3n) is 6.04. The second kappa shape index (κ2) is 10.9. The Kier molecular flexibility index (Phi) is 7.64. The fourth-order valence-corrected chi connectivity index (χ4v) is 5.31. The van der Waals surface area contributed by atoms with Crippen LogP contribution in [0.2, 0.25) is 0 Å². The fraction of sp³-hybridized carbons (Fsp3) is 0.286. The molecule has 0 fully saturated rings. The molecule has 186 valence electrons. The Balaban J connectivity index is 1.79. The van der Waals surface area contributed by atoms with Gasteiger partial charge in [-0.3, -0.25) is 9.79 Å². The summed E-state index contributed by atoms with van der Waals surface area (Å²) < 4.78 is 10.7. The highest BCUT2D eigenvalue weighted by Gasteiger charge is 2.42. The standard InChI is InChI=1S/C28H28N2O5S/c1-5-34-27(32)23-16(3)29-17(4)24(28(33)35-6-2)25(23)18-10-9-11-19(14-18)26-30-21(15-36-26)20-12-7-8-13-22(20)31/h7-15,23,25,31H,5-6H2,1-4H3. The van der Waals surface area contributed by atoms with Gasteiger partial charge in [0.05, 0.1) is 24.5 Å². The van der Waals surface area contributed by atoms with E-state index in [2.05, 4.69) is 4.99 Å². The van der Waals surface area contributed by atoms with E-state index in [1.807, 2.05) is 41.8 Å². The van der Waals surface area contributed by atoms with E-state index in [9.17, 15) is 14.7 Å². The van der Waals surface area contributed by atoms with E-state index in [0.717, 1.165) is 16.1 Å². The average Bonchev–Trinajstić information content (AvgIpc) is 3.34. The lowest BCUT2D eigenvalue weighted by atomic mass is 9.75. The lowest BCUT2D eigenvalue weighted by Gasteiger charge is -2.31. The number of phenolic OH excluding ortho intramolecular Hbond substituents is 1. The smallest absolute Gasteiger partial charge is 0.336 e. The van der Waals surface area contributed by atoms with Crippen LogP contribution in [0.5, 0.6) is 5.75 Å². The van der Waals surface area contributed by atoms with Crippen molar-refractivity contribution >= 4 is 29.0 Å². The minimum absolute atomic E-state index is 0.164. The Bertz CT molecular complexity index is 1360. The number of allylic oxidation sites excluding steroid dienone is 1. The van der Waals surface area contributed by atoms with Gasteiger partial charge in [-0.25, -0.2) is 9.78 Å². The molecule has 1 aromatic heterocycles. The summed E-state index contributed by atoms with van der Waals surface area (Å²) in [6, 6.07) is 14.7. The molecule has 0 amide bonds. The number of aromatic nitrogens is 1. The first-order valence-corrected chi connectivity index (χ1v) is 12.7. The number of ether oxygens (including phenoxy) is 2. The molecule has 1 aliphatic rings. The lowest BCUT2D eigenvalue weighted by molar-refractivity contribution is -0.146. The van der Waals surface area contributed by atoms with Gasteiger partial charge < -0.3 is 14.6 Å². The molecule has 3 aromatic rings. The van der Waals surface area contributed by atoms with E-state index in [0.29, 0.717) is 28.2 Å². The van der Waals surface area contributed by atoms with Gasteiger partial charge in [-0.1, -0.05) is 30.3 Å². The zero-order valence-electron chi connectivity index (χ0n) is 20.6. The van der Waals surface area contributed by atoms with E-state index in [1.54, 1.807) is 39.8 Å². The van der Waals surface area contributed by atoms with Gasteiger partial charge >= 0.3 is 11.9 Å². The van der Waals surface area contributed by atoms with Gasteiger partial charge in [0, 0.05) is 33.8 Å². The van der Waals surface area contributed by atoms with Gasteiger partial charge in [0.15, 0.2) is 0 Å². The van der Waals surface area contributed by atoms with Crippen molar-refractivity contribution in [1.29, 1.82) is 0 Å². The van der Waals surface area contributed by atoms with Crippen LogP contribution in [0.25, 0.3) is 21.8 Å². The molecule has 4 rings (SSSR count). The molecule has 0 radical (unpaired) electrons. The molecule has 7 nitrogen and oxygen atoms in total. The van der Waals surface area contributed by atoms with Crippen molar-refractivity contribution in [2.24, 2.45) is 10.9 Å². The second-order valence-electron chi connectivity index (χ2n) is 8.36. The molecule has 0 saturated heterocycles. The molecule has 0 saturated carbocycles. The van der Waals surface area contributed by atoms with Gasteiger partial charge in [-0.05, 0) is 51.5 Å². The molecule has 0 spiro atoms. The lowest BCUT2D eigenvalue weighted by Crippen LogP contribution is -2.36. The van der Waals surface area contributed by atoms with Crippen LogP contribution < -0.4 is 0 Å². The number of hydrogen-bond acceptors (Lipinski definition) is 8. The summed E-state index contributed by atoms with van der Waals surface area (Å²) >= 11 is 1.45. The maximum atomic E-state index is 13.1. The van der Waals surface area contributed by atoms with E-state index in [4.69, 9.17) is 14.5 Å². The van der Waals surface area contributed by atoms with Gasteiger partial charge in [-0.15, -0.1) is 11.3 Å². The molecule has 8 heteroatoms. The van der Waals surface area contributed by atoms with Crippen molar-refractivity contribution in [2.75, 3.05) is 13.2 Å². The number of hydrogen-bond donors (Lipinski definition) is 1. The van der Waals surface area contributed by atoms with E-state index < -0.39 is 23.8 Å². The van der Waals surface area contributed by atoms with Crippen molar-refractivity contribution < 1.29 is 24.2 Å². The summed E-state index contributed by atoms with van der Waals surface area (Å²) in [5.74, 6) is -2.13. The zero-order valence-corrected chi connectivity index (χ0v) is 21.5. The zero-order chi connectivity index (χ0) is 25.8. The number of aliphatic imine (C=N–C) groups is 1. The molecular weight excluding hydrogens is 476 g/mol. The number of carbonyl (C=O) groups excluding carboxylic acids is 2. The predicted molar refractivity (Wildman–Crippen MR) is 140 cm³/mol. The Morgan fingerprint density at radius 2 is 1.78 bits per heavy atom. The SMILES string of the molecule is CCOC(=O)C1=C(C)N=C(C)C(C(=O)OCC)C1c1cccc(-c2nc(-c3ccccc3O)cs2)c1. The van der Waals surface area contributed by atoms with Gasteiger partial charge in [0.25, 0.3) is 0 Å². The van der Waals surface area contributed by atoms with Crippen LogP contribution in [0.3, 0.4) is 0 Å². The molecule has 2 unspecified atom stereocenters. The van der Waals surface area contributed by atoms with Crippen molar-refractivity contribution in [3.05, 3.63) is 70.7 Å². The maximum absolute atomic E-state index is 13.1. The second-order valence-corrected chi connectivity index (χ2v) is 9.22.